The number of nitrogens with one attached hydrogen (secondary N) is 1. The Balaban J connectivity index is 2.71. The summed E-state index contributed by atoms with van der Waals surface area (Å²) in [5, 5.41) is 3.24. The van der Waals surface area contributed by atoms with Gasteiger partial charge in [-0.15, -0.1) is 0 Å². The molecule has 0 aromatic heterocycles. The van der Waals surface area contributed by atoms with Crippen molar-refractivity contribution in [3.05, 3.63) is 34.3 Å². The van der Waals surface area contributed by atoms with E-state index in [1.807, 2.05) is 19.9 Å². The fourth-order valence-corrected chi connectivity index (χ4v) is 1.56. The Bertz CT molecular complexity index is 448. The van der Waals surface area contributed by atoms with Gasteiger partial charge in [0.05, 0.1) is 15.6 Å². The second-order valence-corrected chi connectivity index (χ2v) is 4.80. The Morgan fingerprint density at radius 2 is 2.24 bits per heavy atom. The van der Waals surface area contributed by atoms with E-state index in [0.29, 0.717) is 22.1 Å². The highest BCUT2D eigenvalue weighted by molar-refractivity contribution is 7.80. The van der Waals surface area contributed by atoms with E-state index in [0.717, 1.165) is 5.56 Å². The molecule has 17 heavy (non-hydrogen) atoms. The molecule has 0 aliphatic heterocycles. The predicted molar refractivity (Wildman–Crippen MR) is 74.5 cm³/mol. The van der Waals surface area contributed by atoms with E-state index >= 15 is 0 Å². The van der Waals surface area contributed by atoms with Crippen molar-refractivity contribution in [1.82, 2.24) is 5.32 Å². The van der Waals surface area contributed by atoms with Crippen LogP contribution in [-0.4, -0.2) is 17.4 Å². The van der Waals surface area contributed by atoms with Crippen molar-refractivity contribution >= 4 is 34.7 Å². The lowest BCUT2D eigenvalue weighted by molar-refractivity contribution is 0.0951. The molecule has 3 nitrogen and oxygen atoms in total. The molecule has 5 heteroatoms. The molecular weight excluding hydrogens is 256 g/mol. The van der Waals surface area contributed by atoms with Crippen LogP contribution in [0.5, 0.6) is 0 Å². The van der Waals surface area contributed by atoms with Gasteiger partial charge in [0.25, 0.3) is 5.91 Å². The third-order valence-electron chi connectivity index (χ3n) is 2.49. The molecule has 0 aliphatic rings. The maximum atomic E-state index is 11.9. The standard InChI is InChI=1S/C12H15ClN2OS/c1-7-4-3-5-9(10(7)13)12(16)15-6-8(2)11(14)17/h3-5,8H,6H2,1-2H3,(H2,14,17)(H,15,16). The Kier molecular flexibility index (Phi) is 4.90. The maximum Gasteiger partial charge on any atom is 0.252 e. The molecule has 92 valence electrons. The van der Waals surface area contributed by atoms with Crippen LogP contribution in [0.3, 0.4) is 0 Å². The summed E-state index contributed by atoms with van der Waals surface area (Å²) in [5.41, 5.74) is 6.82. The number of thiocarbonyl (C=S) groups is 1. The first-order chi connectivity index (χ1) is 7.93. The topological polar surface area (TPSA) is 55.1 Å². The first-order valence-corrected chi connectivity index (χ1v) is 6.04. The number of nitrogens with two attached hydrogens (primary N) is 1. The Hall–Kier alpha value is -1.13. The summed E-state index contributed by atoms with van der Waals surface area (Å²) in [6.45, 7) is 4.13. The van der Waals surface area contributed by atoms with Gasteiger partial charge < -0.3 is 11.1 Å². The normalized spacial score (nSPS) is 11.9. The van der Waals surface area contributed by atoms with Gasteiger partial charge in [-0.1, -0.05) is 42.9 Å². The van der Waals surface area contributed by atoms with Crippen LogP contribution in [0.4, 0.5) is 0 Å². The summed E-state index contributed by atoms with van der Waals surface area (Å²) in [7, 11) is 0. The van der Waals surface area contributed by atoms with Crippen LogP contribution in [0.25, 0.3) is 0 Å². The van der Waals surface area contributed by atoms with E-state index in [4.69, 9.17) is 29.6 Å². The first-order valence-electron chi connectivity index (χ1n) is 5.26. The van der Waals surface area contributed by atoms with Crippen LogP contribution in [0.1, 0.15) is 22.8 Å². The molecule has 0 heterocycles. The van der Waals surface area contributed by atoms with Crippen molar-refractivity contribution in [2.45, 2.75) is 13.8 Å². The SMILES string of the molecule is Cc1cccc(C(=O)NCC(C)C(N)=S)c1Cl. The van der Waals surface area contributed by atoms with Crippen LogP contribution in [-0.2, 0) is 0 Å². The fourth-order valence-electron chi connectivity index (χ4n) is 1.26. The predicted octanol–water partition coefficient (Wildman–Crippen LogP) is 2.30. The highest BCUT2D eigenvalue weighted by atomic mass is 35.5. The second-order valence-electron chi connectivity index (χ2n) is 3.95. The molecule has 3 N–H and O–H groups in total. The molecule has 0 spiro atoms. The number of hydrogen-bond acceptors (Lipinski definition) is 2. The third kappa shape index (κ3) is 3.68. The van der Waals surface area contributed by atoms with Crippen LogP contribution in [0, 0.1) is 12.8 Å². The number of amides is 1. The minimum Gasteiger partial charge on any atom is -0.393 e. The lowest BCUT2D eigenvalue weighted by Gasteiger charge is -2.12. The van der Waals surface area contributed by atoms with Crippen molar-refractivity contribution in [2.75, 3.05) is 6.54 Å². The van der Waals surface area contributed by atoms with Crippen molar-refractivity contribution < 1.29 is 4.79 Å². The van der Waals surface area contributed by atoms with Gasteiger partial charge in [0, 0.05) is 12.5 Å². The number of aryl methyl sites for hydroxylation is 1. The molecule has 1 unspecified atom stereocenters. The lowest BCUT2D eigenvalue weighted by Crippen LogP contribution is -2.33. The molecule has 0 saturated heterocycles. The summed E-state index contributed by atoms with van der Waals surface area (Å²) in [5.74, 6) is -0.237. The van der Waals surface area contributed by atoms with Crippen LogP contribution < -0.4 is 11.1 Å². The highest BCUT2D eigenvalue weighted by Gasteiger charge is 2.13. The van der Waals surface area contributed by atoms with E-state index in [1.165, 1.54) is 0 Å². The molecule has 1 atom stereocenters. The molecule has 0 saturated carbocycles. The second kappa shape index (κ2) is 5.98. The Morgan fingerprint density at radius 1 is 1.59 bits per heavy atom. The molecule has 0 aliphatic carbocycles. The number of rotatable bonds is 4. The highest BCUT2D eigenvalue weighted by Crippen LogP contribution is 2.19. The minimum absolute atomic E-state index is 0.0301. The van der Waals surface area contributed by atoms with E-state index in [2.05, 4.69) is 5.32 Å². The van der Waals surface area contributed by atoms with Gasteiger partial charge in [-0.3, -0.25) is 4.79 Å². The molecule has 1 rings (SSSR count). The molecule has 0 fully saturated rings. The van der Waals surface area contributed by atoms with Crippen LogP contribution in [0.2, 0.25) is 5.02 Å². The van der Waals surface area contributed by atoms with Crippen molar-refractivity contribution in [1.29, 1.82) is 0 Å². The number of carbonyl (C=O) groups is 1. The van der Waals surface area contributed by atoms with Gasteiger partial charge in [-0.05, 0) is 18.6 Å². The zero-order chi connectivity index (χ0) is 13.0. The number of benzene rings is 1. The maximum absolute atomic E-state index is 11.9. The van der Waals surface area contributed by atoms with Crippen LogP contribution in [0.15, 0.2) is 18.2 Å². The molecule has 0 radical (unpaired) electrons. The summed E-state index contributed by atoms with van der Waals surface area (Å²) in [6.07, 6.45) is 0. The lowest BCUT2D eigenvalue weighted by atomic mass is 10.1. The van der Waals surface area contributed by atoms with E-state index < -0.39 is 0 Å². The minimum atomic E-state index is -0.207. The average molecular weight is 271 g/mol. The summed E-state index contributed by atoms with van der Waals surface area (Å²) in [6, 6.07) is 5.35. The van der Waals surface area contributed by atoms with E-state index in [-0.39, 0.29) is 11.8 Å². The average Bonchev–Trinajstić information content (AvgIpc) is 2.29. The quantitative estimate of drug-likeness (QED) is 0.826. The summed E-state index contributed by atoms with van der Waals surface area (Å²) >= 11 is 10.9. The largest absolute Gasteiger partial charge is 0.393 e. The Morgan fingerprint density at radius 3 is 2.82 bits per heavy atom. The zero-order valence-electron chi connectivity index (χ0n) is 9.79. The number of carbonyl (C=O) groups excluding carboxylic acids is 1. The third-order valence-corrected chi connectivity index (χ3v) is 3.39. The Labute approximate surface area is 111 Å². The molecule has 1 aromatic rings. The van der Waals surface area contributed by atoms with Gasteiger partial charge in [-0.2, -0.15) is 0 Å². The monoisotopic (exact) mass is 270 g/mol. The molecular formula is C12H15ClN2OS. The van der Waals surface area contributed by atoms with Crippen molar-refractivity contribution in [2.24, 2.45) is 11.7 Å². The van der Waals surface area contributed by atoms with Gasteiger partial charge in [0.1, 0.15) is 0 Å². The number of halogens is 1. The molecule has 0 bridgehead atoms. The smallest absolute Gasteiger partial charge is 0.252 e. The fraction of sp³-hybridized carbons (Fsp3) is 0.333. The van der Waals surface area contributed by atoms with Gasteiger partial charge in [0.2, 0.25) is 0 Å². The van der Waals surface area contributed by atoms with Gasteiger partial charge >= 0.3 is 0 Å². The van der Waals surface area contributed by atoms with E-state index in [9.17, 15) is 4.79 Å². The molecule has 1 aromatic carbocycles. The van der Waals surface area contributed by atoms with Crippen molar-refractivity contribution in [3.63, 3.8) is 0 Å². The summed E-state index contributed by atoms with van der Waals surface area (Å²) in [4.78, 5) is 12.3. The zero-order valence-corrected chi connectivity index (χ0v) is 11.4. The van der Waals surface area contributed by atoms with E-state index in [1.54, 1.807) is 12.1 Å². The molecule has 1 amide bonds. The number of hydrogen-bond donors (Lipinski definition) is 2. The first kappa shape index (κ1) is 13.9. The van der Waals surface area contributed by atoms with Crippen LogP contribution >= 0.6 is 23.8 Å². The summed E-state index contributed by atoms with van der Waals surface area (Å²) < 4.78 is 0. The van der Waals surface area contributed by atoms with Gasteiger partial charge in [-0.25, -0.2) is 0 Å². The van der Waals surface area contributed by atoms with Gasteiger partial charge in [0.15, 0.2) is 0 Å². The van der Waals surface area contributed by atoms with Crippen molar-refractivity contribution in [3.8, 4) is 0 Å².